The monoisotopic (exact) mass is 396 g/mol. The van der Waals surface area contributed by atoms with Gasteiger partial charge in [0.05, 0.1) is 0 Å². The highest BCUT2D eigenvalue weighted by Crippen LogP contribution is 2.22. The van der Waals surface area contributed by atoms with Gasteiger partial charge in [0.2, 0.25) is 5.95 Å². The fourth-order valence-electron chi connectivity index (χ4n) is 2.31. The molecule has 0 aliphatic carbocycles. The molecule has 0 aliphatic rings. The van der Waals surface area contributed by atoms with E-state index in [1.807, 2.05) is 62.4 Å². The number of carbonyl (C=O) groups excluding carboxylic acids is 1. The lowest BCUT2D eigenvalue weighted by Crippen LogP contribution is -2.15. The SMILES string of the molecule is Cc1cc(C(=O)Nc2ccccc2)nc(Nc2ccc(Br)c(C)c2)n1. The summed E-state index contributed by atoms with van der Waals surface area (Å²) in [5.41, 5.74) is 3.71. The summed E-state index contributed by atoms with van der Waals surface area (Å²) in [5, 5.41) is 5.98. The van der Waals surface area contributed by atoms with Crippen LogP contribution in [0.2, 0.25) is 0 Å². The van der Waals surface area contributed by atoms with E-state index in [-0.39, 0.29) is 5.91 Å². The van der Waals surface area contributed by atoms with Crippen molar-refractivity contribution in [2.45, 2.75) is 13.8 Å². The van der Waals surface area contributed by atoms with Crippen LogP contribution >= 0.6 is 15.9 Å². The molecule has 3 aromatic rings. The Hall–Kier alpha value is -2.73. The molecule has 0 radical (unpaired) electrons. The minimum Gasteiger partial charge on any atom is -0.324 e. The van der Waals surface area contributed by atoms with Crippen molar-refractivity contribution in [1.29, 1.82) is 0 Å². The van der Waals surface area contributed by atoms with E-state index in [2.05, 4.69) is 36.5 Å². The number of hydrogen-bond acceptors (Lipinski definition) is 4. The van der Waals surface area contributed by atoms with Crippen molar-refractivity contribution in [2.75, 3.05) is 10.6 Å². The number of halogens is 1. The summed E-state index contributed by atoms with van der Waals surface area (Å²) in [6.45, 7) is 3.84. The van der Waals surface area contributed by atoms with E-state index in [1.54, 1.807) is 6.07 Å². The summed E-state index contributed by atoms with van der Waals surface area (Å²) in [4.78, 5) is 21.1. The van der Waals surface area contributed by atoms with Crippen molar-refractivity contribution in [2.24, 2.45) is 0 Å². The molecule has 0 bridgehead atoms. The first kappa shape index (κ1) is 17.1. The predicted molar refractivity (Wildman–Crippen MR) is 103 cm³/mol. The molecule has 5 nitrogen and oxygen atoms in total. The lowest BCUT2D eigenvalue weighted by Gasteiger charge is -2.10. The Morgan fingerprint density at radius 1 is 0.960 bits per heavy atom. The number of anilines is 3. The van der Waals surface area contributed by atoms with Gasteiger partial charge in [-0.15, -0.1) is 0 Å². The van der Waals surface area contributed by atoms with E-state index in [4.69, 9.17) is 0 Å². The Kier molecular flexibility index (Phi) is 5.09. The topological polar surface area (TPSA) is 66.9 Å². The summed E-state index contributed by atoms with van der Waals surface area (Å²) >= 11 is 3.48. The van der Waals surface area contributed by atoms with E-state index in [0.29, 0.717) is 17.3 Å². The first-order chi connectivity index (χ1) is 12.0. The van der Waals surface area contributed by atoms with Crippen LogP contribution in [-0.4, -0.2) is 15.9 Å². The maximum absolute atomic E-state index is 12.4. The third kappa shape index (κ3) is 4.42. The number of carbonyl (C=O) groups is 1. The third-order valence-electron chi connectivity index (χ3n) is 3.53. The first-order valence-corrected chi connectivity index (χ1v) is 8.56. The molecule has 3 rings (SSSR count). The fourth-order valence-corrected chi connectivity index (χ4v) is 2.56. The standard InChI is InChI=1S/C19H17BrN4O/c1-12-10-15(8-9-16(12)20)23-19-21-13(2)11-17(24-19)18(25)22-14-6-4-3-5-7-14/h3-11H,1-2H3,(H,22,25)(H,21,23,24). The van der Waals surface area contributed by atoms with Gasteiger partial charge in [-0.25, -0.2) is 9.97 Å². The number of hydrogen-bond donors (Lipinski definition) is 2. The van der Waals surface area contributed by atoms with Gasteiger partial charge in [-0.05, 0) is 55.8 Å². The Labute approximate surface area is 154 Å². The zero-order valence-corrected chi connectivity index (χ0v) is 15.5. The first-order valence-electron chi connectivity index (χ1n) is 7.76. The van der Waals surface area contributed by atoms with Crippen LogP contribution in [0.15, 0.2) is 59.1 Å². The maximum Gasteiger partial charge on any atom is 0.274 e. The molecule has 2 N–H and O–H groups in total. The zero-order valence-electron chi connectivity index (χ0n) is 13.9. The highest BCUT2D eigenvalue weighted by molar-refractivity contribution is 9.10. The molecule has 25 heavy (non-hydrogen) atoms. The second-order valence-electron chi connectivity index (χ2n) is 5.63. The second kappa shape index (κ2) is 7.44. The summed E-state index contributed by atoms with van der Waals surface area (Å²) in [5.74, 6) is 0.117. The molecule has 0 saturated heterocycles. The van der Waals surface area contributed by atoms with Crippen LogP contribution in [0.4, 0.5) is 17.3 Å². The summed E-state index contributed by atoms with van der Waals surface area (Å²) in [7, 11) is 0. The summed E-state index contributed by atoms with van der Waals surface area (Å²) in [6.07, 6.45) is 0. The number of para-hydroxylation sites is 1. The number of benzene rings is 2. The van der Waals surface area contributed by atoms with E-state index in [9.17, 15) is 4.79 Å². The normalized spacial score (nSPS) is 10.4. The molecule has 1 amide bonds. The van der Waals surface area contributed by atoms with Crippen LogP contribution in [0, 0.1) is 13.8 Å². The predicted octanol–water partition coefficient (Wildman–Crippen LogP) is 4.85. The van der Waals surface area contributed by atoms with Gasteiger partial charge in [0.15, 0.2) is 0 Å². The van der Waals surface area contributed by atoms with Crippen LogP contribution in [-0.2, 0) is 0 Å². The summed E-state index contributed by atoms with van der Waals surface area (Å²) < 4.78 is 1.03. The minimum atomic E-state index is -0.272. The van der Waals surface area contributed by atoms with Crippen LogP contribution in [0.1, 0.15) is 21.7 Å². The van der Waals surface area contributed by atoms with Gasteiger partial charge in [-0.1, -0.05) is 34.1 Å². The van der Waals surface area contributed by atoms with Gasteiger partial charge in [0.25, 0.3) is 5.91 Å². The quantitative estimate of drug-likeness (QED) is 0.661. The van der Waals surface area contributed by atoms with E-state index < -0.39 is 0 Å². The average Bonchev–Trinajstić information content (AvgIpc) is 2.58. The smallest absolute Gasteiger partial charge is 0.274 e. The molecule has 1 aromatic heterocycles. The highest BCUT2D eigenvalue weighted by Gasteiger charge is 2.11. The maximum atomic E-state index is 12.4. The number of aromatic nitrogens is 2. The number of aryl methyl sites for hydroxylation is 2. The Balaban J connectivity index is 1.82. The Bertz CT molecular complexity index is 913. The van der Waals surface area contributed by atoms with E-state index in [0.717, 1.165) is 21.4 Å². The molecule has 0 fully saturated rings. The fraction of sp³-hybridized carbons (Fsp3) is 0.105. The van der Waals surface area contributed by atoms with E-state index >= 15 is 0 Å². The molecule has 0 unspecified atom stereocenters. The molecule has 0 atom stereocenters. The van der Waals surface area contributed by atoms with Crippen molar-refractivity contribution in [3.63, 3.8) is 0 Å². The van der Waals surface area contributed by atoms with Crippen LogP contribution in [0.25, 0.3) is 0 Å². The zero-order chi connectivity index (χ0) is 17.8. The molecule has 0 aliphatic heterocycles. The van der Waals surface area contributed by atoms with Crippen molar-refractivity contribution in [1.82, 2.24) is 9.97 Å². The number of rotatable bonds is 4. The molecular formula is C19H17BrN4O. The van der Waals surface area contributed by atoms with Crippen molar-refractivity contribution in [3.8, 4) is 0 Å². The molecule has 126 valence electrons. The molecule has 0 saturated carbocycles. The van der Waals surface area contributed by atoms with E-state index in [1.165, 1.54) is 0 Å². The summed E-state index contributed by atoms with van der Waals surface area (Å²) in [6, 6.07) is 16.8. The largest absolute Gasteiger partial charge is 0.324 e. The Morgan fingerprint density at radius 2 is 1.72 bits per heavy atom. The van der Waals surface area contributed by atoms with Gasteiger partial charge in [0.1, 0.15) is 5.69 Å². The molecule has 2 aromatic carbocycles. The molecular weight excluding hydrogens is 380 g/mol. The number of nitrogens with one attached hydrogen (secondary N) is 2. The van der Waals surface area contributed by atoms with Crippen molar-refractivity contribution in [3.05, 3.63) is 76.0 Å². The van der Waals surface area contributed by atoms with Gasteiger partial charge in [-0.2, -0.15) is 0 Å². The second-order valence-corrected chi connectivity index (χ2v) is 6.48. The van der Waals surface area contributed by atoms with Gasteiger partial charge < -0.3 is 10.6 Å². The highest BCUT2D eigenvalue weighted by atomic mass is 79.9. The number of amides is 1. The van der Waals surface area contributed by atoms with Crippen molar-refractivity contribution < 1.29 is 4.79 Å². The van der Waals surface area contributed by atoms with Crippen LogP contribution in [0.3, 0.4) is 0 Å². The average molecular weight is 397 g/mol. The molecule has 6 heteroatoms. The minimum absolute atomic E-state index is 0.272. The lowest BCUT2D eigenvalue weighted by atomic mass is 10.2. The van der Waals surface area contributed by atoms with Crippen LogP contribution < -0.4 is 10.6 Å². The van der Waals surface area contributed by atoms with Gasteiger partial charge >= 0.3 is 0 Å². The van der Waals surface area contributed by atoms with Gasteiger partial charge in [-0.3, -0.25) is 4.79 Å². The van der Waals surface area contributed by atoms with Crippen LogP contribution in [0.5, 0.6) is 0 Å². The molecule has 0 spiro atoms. The van der Waals surface area contributed by atoms with Crippen molar-refractivity contribution >= 4 is 39.2 Å². The Morgan fingerprint density at radius 3 is 2.44 bits per heavy atom. The number of nitrogens with zero attached hydrogens (tertiary/aromatic N) is 2. The molecule has 1 heterocycles. The van der Waals surface area contributed by atoms with Gasteiger partial charge in [0, 0.05) is 21.5 Å². The third-order valence-corrected chi connectivity index (χ3v) is 4.42. The lowest BCUT2D eigenvalue weighted by molar-refractivity contribution is 0.102.